The Labute approximate surface area is 95.7 Å². The van der Waals surface area contributed by atoms with Gasteiger partial charge in [0.2, 0.25) is 0 Å². The molecule has 1 unspecified atom stereocenters. The van der Waals surface area contributed by atoms with Gasteiger partial charge in [-0.2, -0.15) is 11.8 Å². The number of benzene rings is 1. The molecule has 0 spiro atoms. The van der Waals surface area contributed by atoms with Gasteiger partial charge in [0.05, 0.1) is 12.7 Å². The molecule has 0 fully saturated rings. The van der Waals surface area contributed by atoms with Crippen LogP contribution in [0.1, 0.15) is 24.2 Å². The monoisotopic (exact) mass is 226 g/mol. The van der Waals surface area contributed by atoms with Crippen LogP contribution in [-0.4, -0.2) is 23.7 Å². The molecular formula is C12H18O2S. The van der Waals surface area contributed by atoms with Gasteiger partial charge in [-0.1, -0.05) is 11.6 Å². The normalized spacial score (nSPS) is 12.5. The van der Waals surface area contributed by atoms with Crippen molar-refractivity contribution >= 4 is 11.8 Å². The molecule has 15 heavy (non-hydrogen) atoms. The summed E-state index contributed by atoms with van der Waals surface area (Å²) in [4.78, 5) is 0. The Kier molecular flexibility index (Phi) is 4.99. The van der Waals surface area contributed by atoms with Gasteiger partial charge < -0.3 is 9.84 Å². The average Bonchev–Trinajstić information content (AvgIpc) is 2.20. The molecule has 0 amide bonds. The van der Waals surface area contributed by atoms with Crippen LogP contribution in [0.4, 0.5) is 0 Å². The van der Waals surface area contributed by atoms with Gasteiger partial charge in [0.15, 0.2) is 0 Å². The highest BCUT2D eigenvalue weighted by molar-refractivity contribution is 7.98. The zero-order chi connectivity index (χ0) is 11.3. The number of hydrogen-bond donors (Lipinski definition) is 1. The van der Waals surface area contributed by atoms with Gasteiger partial charge in [0, 0.05) is 11.3 Å². The molecule has 0 aliphatic rings. The molecule has 0 aromatic heterocycles. The Morgan fingerprint density at radius 2 is 2.20 bits per heavy atom. The average molecular weight is 226 g/mol. The van der Waals surface area contributed by atoms with E-state index < -0.39 is 6.10 Å². The van der Waals surface area contributed by atoms with E-state index in [-0.39, 0.29) is 0 Å². The Balaban J connectivity index is 2.77. The van der Waals surface area contributed by atoms with Crippen molar-refractivity contribution in [1.82, 2.24) is 0 Å². The van der Waals surface area contributed by atoms with Crippen LogP contribution < -0.4 is 4.74 Å². The van der Waals surface area contributed by atoms with Crippen LogP contribution in [0, 0.1) is 6.92 Å². The Hall–Kier alpha value is -0.670. The maximum absolute atomic E-state index is 9.60. The van der Waals surface area contributed by atoms with Crippen LogP contribution in [-0.2, 0) is 0 Å². The molecule has 84 valence electrons. The van der Waals surface area contributed by atoms with Gasteiger partial charge in [-0.15, -0.1) is 0 Å². The summed E-state index contributed by atoms with van der Waals surface area (Å²) in [5, 5.41) is 9.60. The van der Waals surface area contributed by atoms with Crippen LogP contribution in [0.5, 0.6) is 5.75 Å². The zero-order valence-electron chi connectivity index (χ0n) is 9.49. The number of aryl methyl sites for hydroxylation is 1. The van der Waals surface area contributed by atoms with Crippen LogP contribution in [0.25, 0.3) is 0 Å². The lowest BCUT2D eigenvalue weighted by Crippen LogP contribution is -2.04. The standard InChI is InChI=1S/C12H18O2S/c1-9-4-5-12(14-6-7-15-3)11(8-9)10(2)13/h4-5,8,10,13H,6-7H2,1-3H3. The van der Waals surface area contributed by atoms with Crippen molar-refractivity contribution in [2.45, 2.75) is 20.0 Å². The number of ether oxygens (including phenoxy) is 1. The molecule has 0 bridgehead atoms. The summed E-state index contributed by atoms with van der Waals surface area (Å²) < 4.78 is 5.61. The number of rotatable bonds is 5. The van der Waals surface area contributed by atoms with E-state index in [9.17, 15) is 5.11 Å². The van der Waals surface area contributed by atoms with Gasteiger partial charge in [0.1, 0.15) is 5.75 Å². The van der Waals surface area contributed by atoms with E-state index in [2.05, 4.69) is 0 Å². The molecule has 0 saturated heterocycles. The van der Waals surface area contributed by atoms with Crippen molar-refractivity contribution < 1.29 is 9.84 Å². The van der Waals surface area contributed by atoms with Gasteiger partial charge in [-0.05, 0) is 32.2 Å². The lowest BCUT2D eigenvalue weighted by molar-refractivity contribution is 0.192. The molecule has 2 nitrogen and oxygen atoms in total. The molecule has 1 atom stereocenters. The molecule has 1 rings (SSSR count). The molecule has 0 aliphatic heterocycles. The predicted octanol–water partition coefficient (Wildman–Crippen LogP) is 2.79. The van der Waals surface area contributed by atoms with Crippen LogP contribution in [0.15, 0.2) is 18.2 Å². The topological polar surface area (TPSA) is 29.5 Å². The highest BCUT2D eigenvalue weighted by atomic mass is 32.2. The minimum absolute atomic E-state index is 0.478. The smallest absolute Gasteiger partial charge is 0.125 e. The van der Waals surface area contributed by atoms with Crippen LogP contribution >= 0.6 is 11.8 Å². The molecule has 0 aliphatic carbocycles. The van der Waals surface area contributed by atoms with Crippen molar-refractivity contribution in [3.8, 4) is 5.75 Å². The Morgan fingerprint density at radius 3 is 2.80 bits per heavy atom. The fraction of sp³-hybridized carbons (Fsp3) is 0.500. The van der Waals surface area contributed by atoms with Gasteiger partial charge in [-0.25, -0.2) is 0 Å². The summed E-state index contributed by atoms with van der Waals surface area (Å²) in [6.07, 6.45) is 1.57. The SMILES string of the molecule is CSCCOc1ccc(C)cc1C(C)O. The molecule has 3 heteroatoms. The first-order chi connectivity index (χ1) is 7.15. The molecule has 1 aromatic rings. The summed E-state index contributed by atoms with van der Waals surface area (Å²) in [6, 6.07) is 5.90. The third kappa shape index (κ3) is 3.76. The first-order valence-corrected chi connectivity index (χ1v) is 6.45. The maximum atomic E-state index is 9.60. The fourth-order valence-corrected chi connectivity index (χ4v) is 1.61. The van der Waals surface area contributed by atoms with Crippen molar-refractivity contribution in [1.29, 1.82) is 0 Å². The molecule has 1 N–H and O–H groups in total. The van der Waals surface area contributed by atoms with Crippen molar-refractivity contribution in [3.05, 3.63) is 29.3 Å². The second-order valence-electron chi connectivity index (χ2n) is 3.56. The van der Waals surface area contributed by atoms with E-state index in [4.69, 9.17) is 4.74 Å². The summed E-state index contributed by atoms with van der Waals surface area (Å²) in [6.45, 7) is 4.46. The molecule has 0 radical (unpaired) electrons. The number of hydrogen-bond acceptors (Lipinski definition) is 3. The molecular weight excluding hydrogens is 208 g/mol. The van der Waals surface area contributed by atoms with E-state index in [1.54, 1.807) is 18.7 Å². The van der Waals surface area contributed by atoms with Gasteiger partial charge in [0.25, 0.3) is 0 Å². The number of thioether (sulfide) groups is 1. The van der Waals surface area contributed by atoms with E-state index in [0.29, 0.717) is 6.61 Å². The molecule has 1 aromatic carbocycles. The van der Waals surface area contributed by atoms with Gasteiger partial charge in [-0.3, -0.25) is 0 Å². The first-order valence-electron chi connectivity index (χ1n) is 5.05. The quantitative estimate of drug-likeness (QED) is 0.783. The third-order valence-corrected chi connectivity index (χ3v) is 2.74. The zero-order valence-corrected chi connectivity index (χ0v) is 10.3. The summed E-state index contributed by atoms with van der Waals surface area (Å²) >= 11 is 1.75. The van der Waals surface area contributed by atoms with Crippen LogP contribution in [0.2, 0.25) is 0 Å². The van der Waals surface area contributed by atoms with E-state index >= 15 is 0 Å². The van der Waals surface area contributed by atoms with Crippen molar-refractivity contribution in [3.63, 3.8) is 0 Å². The highest BCUT2D eigenvalue weighted by Crippen LogP contribution is 2.26. The third-order valence-electron chi connectivity index (χ3n) is 2.16. The number of aliphatic hydroxyl groups is 1. The van der Waals surface area contributed by atoms with Crippen molar-refractivity contribution in [2.24, 2.45) is 0 Å². The van der Waals surface area contributed by atoms with Crippen LogP contribution in [0.3, 0.4) is 0 Å². The summed E-state index contributed by atoms with van der Waals surface area (Å²) in [5.41, 5.74) is 2.01. The fourth-order valence-electron chi connectivity index (χ4n) is 1.36. The Bertz CT molecular complexity index is 310. The summed E-state index contributed by atoms with van der Waals surface area (Å²) in [5.74, 6) is 1.76. The lowest BCUT2D eigenvalue weighted by Gasteiger charge is -2.13. The largest absolute Gasteiger partial charge is 0.492 e. The second kappa shape index (κ2) is 6.03. The lowest BCUT2D eigenvalue weighted by atomic mass is 10.1. The van der Waals surface area contributed by atoms with Crippen molar-refractivity contribution in [2.75, 3.05) is 18.6 Å². The molecule has 0 heterocycles. The van der Waals surface area contributed by atoms with Gasteiger partial charge >= 0.3 is 0 Å². The van der Waals surface area contributed by atoms with E-state index in [1.807, 2.05) is 31.4 Å². The second-order valence-corrected chi connectivity index (χ2v) is 4.54. The summed E-state index contributed by atoms with van der Waals surface area (Å²) in [7, 11) is 0. The Morgan fingerprint density at radius 1 is 1.47 bits per heavy atom. The number of aliphatic hydroxyl groups excluding tert-OH is 1. The predicted molar refractivity (Wildman–Crippen MR) is 65.7 cm³/mol. The molecule has 0 saturated carbocycles. The first kappa shape index (κ1) is 12.4. The minimum Gasteiger partial charge on any atom is -0.492 e. The maximum Gasteiger partial charge on any atom is 0.125 e. The van der Waals surface area contributed by atoms with E-state index in [0.717, 1.165) is 22.6 Å². The minimum atomic E-state index is -0.478. The van der Waals surface area contributed by atoms with E-state index in [1.165, 1.54) is 0 Å². The highest BCUT2D eigenvalue weighted by Gasteiger charge is 2.08.